The number of pyridine rings is 2. The van der Waals surface area contributed by atoms with Crippen LogP contribution in [-0.2, 0) is 18.8 Å². The van der Waals surface area contributed by atoms with E-state index in [1.807, 2.05) is 16.7 Å². The molecule has 3 aromatic rings. The quantitative estimate of drug-likeness (QED) is 0.213. The van der Waals surface area contributed by atoms with Crippen molar-refractivity contribution in [1.29, 1.82) is 0 Å². The molecule has 0 unspecified atom stereocenters. The molecular formula is C25H29Cl3N5O6P. The molecule has 0 spiro atoms. The molecule has 5 rings (SSSR count). The zero-order valence-corrected chi connectivity index (χ0v) is 25.1. The van der Waals surface area contributed by atoms with Gasteiger partial charge in [0.05, 0.1) is 19.8 Å². The molecular weight excluding hydrogens is 604 g/mol. The molecule has 0 radical (unpaired) electrons. The molecule has 3 heterocycles. The first-order valence-electron chi connectivity index (χ1n) is 12.6. The summed E-state index contributed by atoms with van der Waals surface area (Å²) in [5.41, 5.74) is 1.43. The van der Waals surface area contributed by atoms with Crippen LogP contribution in [0, 0.1) is 5.92 Å². The van der Waals surface area contributed by atoms with Crippen molar-refractivity contribution in [1.82, 2.24) is 19.6 Å². The van der Waals surface area contributed by atoms with Crippen LogP contribution in [-0.4, -0.2) is 57.1 Å². The van der Waals surface area contributed by atoms with Gasteiger partial charge in [-0.3, -0.25) is 13.8 Å². The van der Waals surface area contributed by atoms with Crippen LogP contribution in [0.2, 0.25) is 0 Å². The topological polar surface area (TPSA) is 142 Å². The van der Waals surface area contributed by atoms with Gasteiger partial charge in [-0.2, -0.15) is 0 Å². The average Bonchev–Trinajstić information content (AvgIpc) is 3.85. The SMILES string of the molecule is CCOC(=O)c1cccn2c(C3CC3)nnc12.CCOC(=O)c1cccnc1NCC(=O)C1CC1.O=P(Cl)(Cl)Cl. The van der Waals surface area contributed by atoms with E-state index in [9.17, 15) is 18.9 Å². The van der Waals surface area contributed by atoms with Gasteiger partial charge in [-0.25, -0.2) is 14.6 Å². The van der Waals surface area contributed by atoms with E-state index in [4.69, 9.17) is 9.47 Å². The number of ether oxygens (including phenoxy) is 2. The molecule has 15 heteroatoms. The van der Waals surface area contributed by atoms with Gasteiger partial charge in [0.2, 0.25) is 0 Å². The number of hydrogen-bond acceptors (Lipinski definition) is 10. The summed E-state index contributed by atoms with van der Waals surface area (Å²) >= 11 is 13.8. The van der Waals surface area contributed by atoms with Gasteiger partial charge >= 0.3 is 17.1 Å². The lowest BCUT2D eigenvalue weighted by Crippen LogP contribution is -2.18. The smallest absolute Gasteiger partial charge is 0.341 e. The van der Waals surface area contributed by atoms with Crippen molar-refractivity contribution in [2.45, 2.75) is 45.4 Å². The number of carbonyl (C=O) groups is 3. The van der Waals surface area contributed by atoms with Crippen molar-refractivity contribution in [2.75, 3.05) is 25.1 Å². The summed E-state index contributed by atoms with van der Waals surface area (Å²) in [7, 11) is 0. The lowest BCUT2D eigenvalue weighted by molar-refractivity contribution is -0.118. The van der Waals surface area contributed by atoms with E-state index in [0.29, 0.717) is 41.7 Å². The summed E-state index contributed by atoms with van der Waals surface area (Å²) in [6, 6.07) is 6.85. The highest BCUT2D eigenvalue weighted by Gasteiger charge is 2.30. The predicted molar refractivity (Wildman–Crippen MR) is 152 cm³/mol. The Labute approximate surface area is 245 Å². The number of aromatic nitrogens is 4. The summed E-state index contributed by atoms with van der Waals surface area (Å²) in [6.07, 6.45) is 7.74. The third-order valence-electron chi connectivity index (χ3n) is 5.66. The number of ketones is 1. The normalized spacial score (nSPS) is 14.2. The molecule has 0 aromatic carbocycles. The molecule has 11 nitrogen and oxygen atoms in total. The average molecular weight is 633 g/mol. The van der Waals surface area contributed by atoms with Crippen LogP contribution >= 0.6 is 38.9 Å². The van der Waals surface area contributed by atoms with E-state index < -0.39 is 11.2 Å². The van der Waals surface area contributed by atoms with E-state index >= 15 is 0 Å². The van der Waals surface area contributed by atoms with Crippen LogP contribution < -0.4 is 5.32 Å². The van der Waals surface area contributed by atoms with Crippen LogP contribution in [0.1, 0.15) is 72.0 Å². The zero-order chi connectivity index (χ0) is 29.3. The maximum Gasteiger partial charge on any atom is 0.341 e. The van der Waals surface area contributed by atoms with Crippen molar-refractivity contribution in [3.05, 3.63) is 53.6 Å². The van der Waals surface area contributed by atoms with Crippen molar-refractivity contribution >= 4 is 68.1 Å². The van der Waals surface area contributed by atoms with Crippen molar-refractivity contribution in [3.8, 4) is 0 Å². The number of hydrogen-bond donors (Lipinski definition) is 1. The van der Waals surface area contributed by atoms with Gasteiger partial charge in [0.25, 0.3) is 0 Å². The van der Waals surface area contributed by atoms with Crippen LogP contribution in [0.25, 0.3) is 5.65 Å². The predicted octanol–water partition coefficient (Wildman–Crippen LogP) is 6.24. The van der Waals surface area contributed by atoms with Crippen LogP contribution in [0.4, 0.5) is 5.82 Å². The van der Waals surface area contributed by atoms with Gasteiger partial charge in [-0.1, -0.05) is 0 Å². The number of fused-ring (bicyclic) bond motifs is 1. The molecule has 2 aliphatic rings. The summed E-state index contributed by atoms with van der Waals surface area (Å²) in [5.74, 6) is 1.47. The Balaban J connectivity index is 0.000000189. The second-order valence-electron chi connectivity index (χ2n) is 8.78. The molecule has 0 bridgehead atoms. The van der Waals surface area contributed by atoms with Crippen LogP contribution in [0.5, 0.6) is 0 Å². The molecule has 1 N–H and O–H groups in total. The van der Waals surface area contributed by atoms with E-state index in [2.05, 4.69) is 54.2 Å². The van der Waals surface area contributed by atoms with Gasteiger partial charge in [0, 0.05) is 24.2 Å². The molecule has 0 amide bonds. The van der Waals surface area contributed by atoms with Gasteiger partial charge in [0.15, 0.2) is 11.4 Å². The number of carbonyl (C=O) groups excluding carboxylic acids is 3. The first-order chi connectivity index (χ1) is 19.0. The monoisotopic (exact) mass is 631 g/mol. The second kappa shape index (κ2) is 14.8. The number of rotatable bonds is 9. The van der Waals surface area contributed by atoms with E-state index in [-0.39, 0.29) is 24.2 Å². The fraction of sp³-hybridized carbons (Fsp3) is 0.440. The fourth-order valence-corrected chi connectivity index (χ4v) is 3.56. The van der Waals surface area contributed by atoms with Crippen LogP contribution in [0.15, 0.2) is 36.7 Å². The number of esters is 2. The minimum Gasteiger partial charge on any atom is -0.462 e. The number of anilines is 1. The number of nitrogens with zero attached hydrogens (tertiary/aromatic N) is 4. The maximum absolute atomic E-state index is 11.8. The highest BCUT2D eigenvalue weighted by atomic mass is 36.0. The van der Waals surface area contributed by atoms with Gasteiger partial charge in [-0.15, -0.1) is 10.2 Å². The first-order valence-corrected chi connectivity index (χ1v) is 17.0. The maximum atomic E-state index is 11.8. The summed E-state index contributed by atoms with van der Waals surface area (Å²) in [6.45, 7) is 4.43. The Kier molecular flexibility index (Phi) is 11.7. The van der Waals surface area contributed by atoms with Crippen LogP contribution in [0.3, 0.4) is 0 Å². The molecule has 0 aliphatic heterocycles. The third kappa shape index (κ3) is 10.0. The van der Waals surface area contributed by atoms with E-state index in [1.165, 1.54) is 0 Å². The molecule has 0 saturated heterocycles. The summed E-state index contributed by atoms with van der Waals surface area (Å²) in [4.78, 5) is 39.1. The third-order valence-corrected chi connectivity index (χ3v) is 5.66. The van der Waals surface area contributed by atoms with Gasteiger partial charge in [-0.05, 0) is 97.5 Å². The highest BCUT2D eigenvalue weighted by Crippen LogP contribution is 2.61. The molecule has 2 fully saturated rings. The van der Waals surface area contributed by atoms with Crippen molar-refractivity contribution in [2.24, 2.45) is 5.92 Å². The van der Waals surface area contributed by atoms with Gasteiger partial charge in [0.1, 0.15) is 22.8 Å². The largest absolute Gasteiger partial charge is 0.462 e. The molecule has 40 heavy (non-hydrogen) atoms. The highest BCUT2D eigenvalue weighted by molar-refractivity contribution is 8.24. The molecule has 2 aliphatic carbocycles. The minimum atomic E-state index is -3.22. The molecule has 3 aromatic heterocycles. The lowest BCUT2D eigenvalue weighted by Gasteiger charge is -2.09. The molecule has 0 atom stereocenters. The first kappa shape index (κ1) is 31.8. The van der Waals surface area contributed by atoms with Crippen molar-refractivity contribution < 1.29 is 28.4 Å². The Bertz CT molecular complexity index is 1380. The van der Waals surface area contributed by atoms with E-state index in [0.717, 1.165) is 31.5 Å². The number of Topliss-reactive ketones (excluding diaryl/α,β-unsaturated/α-hetero) is 1. The standard InChI is InChI=1S/C13H16N2O3.C12H13N3O2.Cl3OP/c1-2-18-13(17)10-4-3-7-14-12(10)15-8-11(16)9-5-6-9;1-2-17-12(16)9-4-3-7-15-10(8-5-6-8)13-14-11(9)15;1-5(2,3)4/h3-4,7,9H,2,5-6,8H2,1H3,(H,14,15);3-4,7-8H,2,5-6H2,1H3;. The Morgan fingerprint density at radius 1 is 0.975 bits per heavy atom. The van der Waals surface area contributed by atoms with E-state index in [1.54, 1.807) is 38.2 Å². The molecule has 2 saturated carbocycles. The minimum absolute atomic E-state index is 0.176. The van der Waals surface area contributed by atoms with Crippen molar-refractivity contribution in [3.63, 3.8) is 0 Å². The Morgan fingerprint density at radius 3 is 2.15 bits per heavy atom. The summed E-state index contributed by atoms with van der Waals surface area (Å²) in [5, 5.41) is 7.95. The number of halogens is 3. The lowest BCUT2D eigenvalue weighted by atomic mass is 10.2. The Morgan fingerprint density at radius 2 is 1.57 bits per heavy atom. The second-order valence-corrected chi connectivity index (χ2v) is 15.4. The summed E-state index contributed by atoms with van der Waals surface area (Å²) < 4.78 is 21.3. The van der Waals surface area contributed by atoms with Gasteiger partial charge < -0.3 is 14.8 Å². The zero-order valence-electron chi connectivity index (χ0n) is 21.9. The fourth-order valence-electron chi connectivity index (χ4n) is 3.56. The molecule has 216 valence electrons. The number of nitrogens with one attached hydrogen (secondary N) is 1. The Hall–Kier alpha value is -2.72.